The van der Waals surface area contributed by atoms with Crippen LogP contribution in [0.5, 0.6) is 0 Å². The van der Waals surface area contributed by atoms with Gasteiger partial charge in [-0.25, -0.2) is 8.78 Å². The Kier molecular flexibility index (Phi) is 7.87. The Morgan fingerprint density at radius 3 is 2.56 bits per heavy atom. The molecular formula is C34H27F2IrN3O-2. The number of pyridine rings is 3. The Bertz CT molecular complexity index is 1900. The summed E-state index contributed by atoms with van der Waals surface area (Å²) in [7, 11) is 0. The molecule has 0 amide bonds. The van der Waals surface area contributed by atoms with E-state index in [4.69, 9.17) is 4.42 Å². The SMILES string of the molecule is CCc1c[c-]c2c(c1F)C(C)(C)c1cccnc1-2.CCc1ccnc(-c2[c-]ccc3c2oc2cncc(F)c23)c1.[Ir]. The van der Waals surface area contributed by atoms with Gasteiger partial charge in [0.1, 0.15) is 5.58 Å². The average Bonchev–Trinajstić information content (AvgIpc) is 3.47. The second-order valence-corrected chi connectivity index (χ2v) is 10.4. The number of fused-ring (bicyclic) bond motifs is 6. The van der Waals surface area contributed by atoms with E-state index in [2.05, 4.69) is 47.9 Å². The molecule has 0 N–H and O–H groups in total. The molecule has 0 saturated heterocycles. The van der Waals surface area contributed by atoms with Crippen molar-refractivity contribution in [2.45, 2.75) is 46.0 Å². The molecule has 0 bridgehead atoms. The molecule has 0 unspecified atom stereocenters. The Morgan fingerprint density at radius 2 is 1.78 bits per heavy atom. The fourth-order valence-corrected chi connectivity index (χ4v) is 5.51. The Morgan fingerprint density at radius 1 is 0.951 bits per heavy atom. The van der Waals surface area contributed by atoms with Crippen LogP contribution in [-0.4, -0.2) is 15.0 Å². The first-order valence-corrected chi connectivity index (χ1v) is 13.4. The summed E-state index contributed by atoms with van der Waals surface area (Å²) in [6.45, 7) is 8.16. The first-order valence-electron chi connectivity index (χ1n) is 13.4. The molecule has 4 nitrogen and oxygen atoms in total. The summed E-state index contributed by atoms with van der Waals surface area (Å²) in [6, 6.07) is 19.6. The number of benzene rings is 2. The Hall–Kier alpha value is -3.80. The number of hydrogen-bond donors (Lipinski definition) is 0. The van der Waals surface area contributed by atoms with Crippen LogP contribution in [0.1, 0.15) is 49.9 Å². The number of halogens is 2. The zero-order valence-corrected chi connectivity index (χ0v) is 25.5. The van der Waals surface area contributed by atoms with Crippen molar-refractivity contribution in [2.75, 3.05) is 0 Å². The minimum absolute atomic E-state index is 0. The molecule has 1 radical (unpaired) electrons. The van der Waals surface area contributed by atoms with Gasteiger partial charge in [0, 0.05) is 43.7 Å². The fraction of sp³-hybridized carbons (Fsp3) is 0.206. The maximum absolute atomic E-state index is 14.6. The molecule has 1 aliphatic rings. The van der Waals surface area contributed by atoms with Crippen LogP contribution < -0.4 is 0 Å². The van der Waals surface area contributed by atoms with Gasteiger partial charge >= 0.3 is 0 Å². The quantitative estimate of drug-likeness (QED) is 0.172. The van der Waals surface area contributed by atoms with E-state index < -0.39 is 0 Å². The van der Waals surface area contributed by atoms with Crippen LogP contribution in [0, 0.1) is 23.8 Å². The van der Waals surface area contributed by atoms with Crippen molar-refractivity contribution in [3.8, 4) is 22.5 Å². The third-order valence-corrected chi connectivity index (χ3v) is 7.65. The number of aromatic nitrogens is 3. The molecule has 0 atom stereocenters. The molecule has 4 heterocycles. The van der Waals surface area contributed by atoms with E-state index >= 15 is 0 Å². The second kappa shape index (κ2) is 11.2. The van der Waals surface area contributed by atoms with Gasteiger partial charge in [-0.15, -0.1) is 35.9 Å². The Labute approximate surface area is 251 Å². The summed E-state index contributed by atoms with van der Waals surface area (Å²) >= 11 is 0. The fourth-order valence-electron chi connectivity index (χ4n) is 5.51. The standard InChI is InChI=1S/C18H12FN2O.C16H15FN.Ir/c1-2-11-6-7-21-15(8-11)12-4-3-5-13-17-14(19)9-20-10-16(17)22-18(12)13;1-4-10-7-8-11-13(14(10)17)16(2,3)12-6-5-9-18-15(11)12;/h3,5-10H,2H2,1H3;5-7,9H,4H2,1-3H3;/q2*-1;. The predicted molar refractivity (Wildman–Crippen MR) is 153 cm³/mol. The molecule has 0 fully saturated rings. The minimum atomic E-state index is -0.385. The molecule has 7 rings (SSSR count). The molecule has 4 aromatic heterocycles. The van der Waals surface area contributed by atoms with E-state index in [1.165, 1.54) is 18.0 Å². The second-order valence-electron chi connectivity index (χ2n) is 10.4. The van der Waals surface area contributed by atoms with Crippen LogP contribution in [0.2, 0.25) is 0 Å². The smallest absolute Gasteiger partial charge is 0.151 e. The molecule has 2 aromatic carbocycles. The number of furan rings is 1. The van der Waals surface area contributed by atoms with Crippen LogP contribution >= 0.6 is 0 Å². The summed E-state index contributed by atoms with van der Waals surface area (Å²) in [5.41, 5.74) is 7.65. The van der Waals surface area contributed by atoms with Crippen molar-refractivity contribution < 1.29 is 33.3 Å². The molecule has 41 heavy (non-hydrogen) atoms. The average molecular weight is 724 g/mol. The van der Waals surface area contributed by atoms with Gasteiger partial charge in [-0.05, 0) is 35.4 Å². The van der Waals surface area contributed by atoms with Crippen molar-refractivity contribution in [3.63, 3.8) is 0 Å². The summed E-state index contributed by atoms with van der Waals surface area (Å²) in [5.74, 6) is -0.474. The van der Waals surface area contributed by atoms with Gasteiger partial charge in [-0.2, -0.15) is 0 Å². The summed E-state index contributed by atoms with van der Waals surface area (Å²) < 4.78 is 34.5. The van der Waals surface area contributed by atoms with Crippen molar-refractivity contribution in [1.29, 1.82) is 0 Å². The van der Waals surface area contributed by atoms with Crippen LogP contribution in [0.4, 0.5) is 8.78 Å². The largest absolute Gasteiger partial charge is 0.499 e. The molecular weight excluding hydrogens is 697 g/mol. The summed E-state index contributed by atoms with van der Waals surface area (Å²) in [5, 5.41) is 1.17. The van der Waals surface area contributed by atoms with Gasteiger partial charge in [0.15, 0.2) is 5.82 Å². The van der Waals surface area contributed by atoms with Crippen LogP contribution in [-0.2, 0) is 38.4 Å². The van der Waals surface area contributed by atoms with Gasteiger partial charge in [0.05, 0.1) is 18.0 Å². The van der Waals surface area contributed by atoms with E-state index in [0.29, 0.717) is 28.4 Å². The molecule has 0 spiro atoms. The van der Waals surface area contributed by atoms with E-state index in [0.717, 1.165) is 45.6 Å². The summed E-state index contributed by atoms with van der Waals surface area (Å²) in [4.78, 5) is 12.6. The molecule has 209 valence electrons. The van der Waals surface area contributed by atoms with Crippen molar-refractivity contribution in [2.24, 2.45) is 0 Å². The monoisotopic (exact) mass is 724 g/mol. The van der Waals surface area contributed by atoms with E-state index in [1.807, 2.05) is 31.2 Å². The first kappa shape index (κ1) is 28.7. The van der Waals surface area contributed by atoms with E-state index in [-0.39, 0.29) is 37.2 Å². The minimum Gasteiger partial charge on any atom is -0.499 e. The van der Waals surface area contributed by atoms with Crippen LogP contribution in [0.15, 0.2) is 71.7 Å². The van der Waals surface area contributed by atoms with Gasteiger partial charge in [-0.1, -0.05) is 79.5 Å². The van der Waals surface area contributed by atoms with Crippen molar-refractivity contribution in [1.82, 2.24) is 15.0 Å². The number of nitrogens with zero attached hydrogens (tertiary/aromatic N) is 3. The third kappa shape index (κ3) is 4.77. The molecule has 0 saturated carbocycles. The molecule has 7 heteroatoms. The van der Waals surface area contributed by atoms with Crippen LogP contribution in [0.3, 0.4) is 0 Å². The van der Waals surface area contributed by atoms with E-state index in [9.17, 15) is 8.78 Å². The third-order valence-electron chi connectivity index (χ3n) is 7.65. The maximum Gasteiger partial charge on any atom is 0.151 e. The van der Waals surface area contributed by atoms with Crippen LogP contribution in [0.25, 0.3) is 44.5 Å². The Balaban J connectivity index is 0.000000164. The number of hydrogen-bond acceptors (Lipinski definition) is 4. The van der Waals surface area contributed by atoms with Gasteiger partial charge < -0.3 is 14.4 Å². The maximum atomic E-state index is 14.6. The first-order chi connectivity index (χ1) is 19.3. The molecule has 0 aliphatic heterocycles. The van der Waals surface area contributed by atoms with Crippen molar-refractivity contribution >= 4 is 21.9 Å². The number of rotatable bonds is 3. The predicted octanol–water partition coefficient (Wildman–Crippen LogP) is 8.43. The van der Waals surface area contributed by atoms with Crippen molar-refractivity contribution in [3.05, 3.63) is 113 Å². The van der Waals surface area contributed by atoms with Gasteiger partial charge in [0.2, 0.25) is 0 Å². The zero-order valence-electron chi connectivity index (χ0n) is 23.1. The topological polar surface area (TPSA) is 51.8 Å². The zero-order chi connectivity index (χ0) is 28.0. The normalized spacial score (nSPS) is 12.8. The van der Waals surface area contributed by atoms with Gasteiger partial charge in [-0.3, -0.25) is 4.98 Å². The number of aryl methyl sites for hydroxylation is 2. The molecule has 6 aromatic rings. The van der Waals surface area contributed by atoms with E-state index in [1.54, 1.807) is 30.6 Å². The van der Waals surface area contributed by atoms with Gasteiger partial charge in [0.25, 0.3) is 0 Å². The summed E-state index contributed by atoms with van der Waals surface area (Å²) in [6.07, 6.45) is 7.86. The molecule has 1 aliphatic carbocycles.